The maximum atomic E-state index is 11.9. The third-order valence-corrected chi connectivity index (χ3v) is 7.38. The summed E-state index contributed by atoms with van der Waals surface area (Å²) in [6.07, 6.45) is -2.52. The fraction of sp³-hybridized carbons (Fsp3) is 0.406. The van der Waals surface area contributed by atoms with E-state index in [1.807, 2.05) is 91.0 Å². The first-order valence-electron chi connectivity index (χ1n) is 13.6. The van der Waals surface area contributed by atoms with Crippen LogP contribution in [0.4, 0.5) is 0 Å². The van der Waals surface area contributed by atoms with Crippen LogP contribution in [0.25, 0.3) is 0 Å². The van der Waals surface area contributed by atoms with Gasteiger partial charge in [-0.15, -0.1) is 0 Å². The van der Waals surface area contributed by atoms with E-state index < -0.39 is 30.7 Å². The van der Waals surface area contributed by atoms with E-state index >= 15 is 0 Å². The molecule has 0 saturated carbocycles. The normalized spacial score (nSPS) is 22.7. The van der Waals surface area contributed by atoms with Gasteiger partial charge >= 0.3 is 0 Å². The fourth-order valence-electron chi connectivity index (χ4n) is 4.48. The topological polar surface area (TPSA) is 83.5 Å². The highest BCUT2D eigenvalue weighted by Crippen LogP contribution is 2.32. The third kappa shape index (κ3) is 9.52. The van der Waals surface area contributed by atoms with Crippen molar-refractivity contribution in [2.24, 2.45) is 0 Å². The molecule has 1 fully saturated rings. The third-order valence-electron chi connectivity index (χ3n) is 6.48. The predicted molar refractivity (Wildman–Crippen MR) is 155 cm³/mol. The molecule has 0 aliphatic carbocycles. The Morgan fingerprint density at radius 1 is 0.725 bits per heavy atom. The SMILES string of the molecule is CC(=O)SC[C@H]1O[C@H](OCCCO)[C@H](OCc2ccccc2)[C@@H](OCc2ccccc2)C1OCc1ccccc1. The Bertz CT molecular complexity index is 1120. The van der Waals surface area contributed by atoms with Crippen molar-refractivity contribution in [3.05, 3.63) is 108 Å². The van der Waals surface area contributed by atoms with Gasteiger partial charge in [0, 0.05) is 19.3 Å². The van der Waals surface area contributed by atoms with Gasteiger partial charge in [0.25, 0.3) is 0 Å². The molecule has 1 unspecified atom stereocenters. The number of rotatable bonds is 15. The first-order chi connectivity index (χ1) is 19.6. The van der Waals surface area contributed by atoms with Crippen LogP contribution in [0, 0.1) is 0 Å². The second kappa shape index (κ2) is 16.6. The smallest absolute Gasteiger partial charge is 0.186 e. The lowest BCUT2D eigenvalue weighted by Gasteiger charge is -2.46. The fourth-order valence-corrected chi connectivity index (χ4v) is 5.14. The first-order valence-corrected chi connectivity index (χ1v) is 14.6. The molecule has 4 rings (SSSR count). The first kappa shape index (κ1) is 30.4. The number of thioether (sulfide) groups is 1. The van der Waals surface area contributed by atoms with E-state index in [0.717, 1.165) is 16.7 Å². The molecule has 0 aromatic heterocycles. The van der Waals surface area contributed by atoms with Crippen LogP contribution in [0.2, 0.25) is 0 Å². The minimum atomic E-state index is -0.773. The number of hydrogen-bond acceptors (Lipinski definition) is 8. The summed E-state index contributed by atoms with van der Waals surface area (Å²) >= 11 is 1.19. The van der Waals surface area contributed by atoms with E-state index in [-0.39, 0.29) is 11.7 Å². The molecule has 8 heteroatoms. The Morgan fingerprint density at radius 2 is 1.20 bits per heavy atom. The highest BCUT2D eigenvalue weighted by atomic mass is 32.2. The lowest BCUT2D eigenvalue weighted by Crippen LogP contribution is -2.61. The van der Waals surface area contributed by atoms with Crippen LogP contribution in [0.15, 0.2) is 91.0 Å². The second-order valence-corrected chi connectivity index (χ2v) is 10.8. The number of hydrogen-bond donors (Lipinski definition) is 1. The van der Waals surface area contributed by atoms with Crippen LogP contribution in [-0.4, -0.2) is 59.9 Å². The van der Waals surface area contributed by atoms with E-state index in [9.17, 15) is 9.90 Å². The van der Waals surface area contributed by atoms with E-state index in [4.69, 9.17) is 23.7 Å². The Balaban J connectivity index is 1.63. The van der Waals surface area contributed by atoms with Gasteiger partial charge in [0.2, 0.25) is 0 Å². The summed E-state index contributed by atoms with van der Waals surface area (Å²) in [7, 11) is 0. The Hall–Kier alpha value is -2.56. The summed E-state index contributed by atoms with van der Waals surface area (Å²) in [6.45, 7) is 2.86. The van der Waals surface area contributed by atoms with Crippen LogP contribution in [0.5, 0.6) is 0 Å². The average molecular weight is 567 g/mol. The van der Waals surface area contributed by atoms with Gasteiger partial charge in [-0.2, -0.15) is 0 Å². The molecule has 0 bridgehead atoms. The van der Waals surface area contributed by atoms with Crippen molar-refractivity contribution in [2.45, 2.75) is 63.9 Å². The van der Waals surface area contributed by atoms with Gasteiger partial charge in [-0.3, -0.25) is 4.79 Å². The van der Waals surface area contributed by atoms with Gasteiger partial charge < -0.3 is 28.8 Å². The molecule has 1 aliphatic rings. The van der Waals surface area contributed by atoms with Gasteiger partial charge in [-0.1, -0.05) is 103 Å². The maximum absolute atomic E-state index is 11.9. The molecule has 3 aromatic carbocycles. The van der Waals surface area contributed by atoms with Crippen LogP contribution < -0.4 is 0 Å². The van der Waals surface area contributed by atoms with Crippen molar-refractivity contribution in [3.63, 3.8) is 0 Å². The van der Waals surface area contributed by atoms with Gasteiger partial charge in [0.1, 0.15) is 18.3 Å². The number of carbonyl (C=O) groups is 1. The Kier molecular flexibility index (Phi) is 12.6. The number of carbonyl (C=O) groups excluding carboxylic acids is 1. The van der Waals surface area contributed by atoms with E-state index in [1.54, 1.807) is 0 Å². The summed E-state index contributed by atoms with van der Waals surface area (Å²) in [4.78, 5) is 11.9. The standard InChI is InChI=1S/C32H38O7S/c1-24(34)40-23-28-29(36-20-25-12-5-2-6-13-25)30(37-21-26-14-7-3-8-15-26)31(32(39-28)35-19-11-18-33)38-22-27-16-9-4-10-17-27/h2-10,12-17,28-33H,11,18-23H2,1H3/t28-,29?,30+,31-,32+/m1/s1. The molecule has 214 valence electrons. The molecule has 1 heterocycles. The zero-order chi connectivity index (χ0) is 28.0. The number of benzene rings is 3. The molecule has 1 N–H and O–H groups in total. The molecule has 40 heavy (non-hydrogen) atoms. The monoisotopic (exact) mass is 566 g/mol. The van der Waals surface area contributed by atoms with Crippen LogP contribution in [0.3, 0.4) is 0 Å². The second-order valence-electron chi connectivity index (χ2n) is 9.58. The molecule has 3 aromatic rings. The Morgan fingerprint density at radius 3 is 1.68 bits per heavy atom. The minimum Gasteiger partial charge on any atom is -0.396 e. The average Bonchev–Trinajstić information content (AvgIpc) is 2.99. The summed E-state index contributed by atoms with van der Waals surface area (Å²) < 4.78 is 32.2. The van der Waals surface area contributed by atoms with Crippen molar-refractivity contribution >= 4 is 16.9 Å². The lowest BCUT2D eigenvalue weighted by molar-refractivity contribution is -0.319. The van der Waals surface area contributed by atoms with Gasteiger partial charge in [-0.05, 0) is 23.1 Å². The molecule has 1 aliphatic heterocycles. The minimum absolute atomic E-state index is 0.00260. The molecule has 0 amide bonds. The number of aliphatic hydroxyl groups excluding tert-OH is 1. The van der Waals surface area contributed by atoms with Crippen molar-refractivity contribution in [1.29, 1.82) is 0 Å². The van der Waals surface area contributed by atoms with Crippen LogP contribution in [0.1, 0.15) is 30.0 Å². The molecule has 1 saturated heterocycles. The van der Waals surface area contributed by atoms with E-state index in [2.05, 4.69) is 0 Å². The summed E-state index contributed by atoms with van der Waals surface area (Å²) in [5.74, 6) is 0.380. The molecule has 0 radical (unpaired) electrons. The molecular weight excluding hydrogens is 528 g/mol. The van der Waals surface area contributed by atoms with Crippen LogP contribution in [-0.2, 0) is 48.3 Å². The summed E-state index contributed by atoms with van der Waals surface area (Å²) in [5.41, 5.74) is 3.05. The lowest BCUT2D eigenvalue weighted by atomic mass is 9.98. The van der Waals surface area contributed by atoms with Crippen molar-refractivity contribution < 1.29 is 33.6 Å². The zero-order valence-electron chi connectivity index (χ0n) is 22.8. The number of ether oxygens (including phenoxy) is 5. The molecular formula is C32H38O7S. The zero-order valence-corrected chi connectivity index (χ0v) is 23.6. The molecule has 7 nitrogen and oxygen atoms in total. The quantitative estimate of drug-likeness (QED) is 0.253. The van der Waals surface area contributed by atoms with E-state index in [0.29, 0.717) is 38.6 Å². The molecule has 5 atom stereocenters. The molecule has 0 spiro atoms. The van der Waals surface area contributed by atoms with Crippen molar-refractivity contribution in [1.82, 2.24) is 0 Å². The largest absolute Gasteiger partial charge is 0.396 e. The highest BCUT2D eigenvalue weighted by Gasteiger charge is 2.49. The summed E-state index contributed by atoms with van der Waals surface area (Å²) in [6, 6.07) is 29.8. The number of aliphatic hydroxyl groups is 1. The van der Waals surface area contributed by atoms with Gasteiger partial charge in [0.05, 0.1) is 32.5 Å². The van der Waals surface area contributed by atoms with Gasteiger partial charge in [0.15, 0.2) is 11.4 Å². The van der Waals surface area contributed by atoms with Crippen LogP contribution >= 0.6 is 11.8 Å². The van der Waals surface area contributed by atoms with Crippen molar-refractivity contribution in [2.75, 3.05) is 19.0 Å². The predicted octanol–water partition coefficient (Wildman–Crippen LogP) is 5.15. The van der Waals surface area contributed by atoms with Crippen molar-refractivity contribution in [3.8, 4) is 0 Å². The summed E-state index contributed by atoms with van der Waals surface area (Å²) in [5, 5.41) is 9.35. The van der Waals surface area contributed by atoms with E-state index in [1.165, 1.54) is 18.7 Å². The maximum Gasteiger partial charge on any atom is 0.186 e. The van der Waals surface area contributed by atoms with Gasteiger partial charge in [-0.25, -0.2) is 0 Å². The Labute approximate surface area is 240 Å². The highest BCUT2D eigenvalue weighted by molar-refractivity contribution is 8.13.